The summed E-state index contributed by atoms with van der Waals surface area (Å²) in [6, 6.07) is 0.0775. The second kappa shape index (κ2) is 3.52. The van der Waals surface area contributed by atoms with E-state index in [-0.39, 0.29) is 6.04 Å². The first-order valence-electron chi connectivity index (χ1n) is 3.67. The van der Waals surface area contributed by atoms with E-state index in [1.807, 2.05) is 0 Å². The summed E-state index contributed by atoms with van der Waals surface area (Å²) in [6.45, 7) is 2.95. The molecular weight excluding hydrogens is 126 g/mol. The molecule has 1 heterocycles. The molecule has 1 aliphatic heterocycles. The second-order valence-corrected chi connectivity index (χ2v) is 2.74. The topological polar surface area (TPSA) is 29.1 Å². The number of rotatable bonds is 1. The number of hydrogen-bond donors (Lipinski definition) is 1. The Morgan fingerprint density at radius 1 is 1.80 bits per heavy atom. The molecule has 1 atom stereocenters. The van der Waals surface area contributed by atoms with Gasteiger partial charge >= 0.3 is 0 Å². The third kappa shape index (κ3) is 1.95. The summed E-state index contributed by atoms with van der Waals surface area (Å²) in [4.78, 5) is 10.3. The fraction of sp³-hybridized carbons (Fsp3) is 0.625. The van der Waals surface area contributed by atoms with Gasteiger partial charge in [-0.3, -0.25) is 0 Å². The number of hydrogen-bond acceptors (Lipinski definition) is 2. The third-order valence-corrected chi connectivity index (χ3v) is 1.84. The zero-order valence-electron chi connectivity index (χ0n) is 6.26. The Bertz CT molecular complexity index is 151. The molecule has 10 heavy (non-hydrogen) atoms. The zero-order chi connectivity index (χ0) is 7.40. The molecule has 0 aromatic heterocycles. The summed E-state index contributed by atoms with van der Waals surface area (Å²) in [5.74, 6) is 0. The molecule has 0 saturated heterocycles. The highest BCUT2D eigenvalue weighted by Gasteiger charge is 2.07. The summed E-state index contributed by atoms with van der Waals surface area (Å²) in [6.07, 6.45) is 5.14. The summed E-state index contributed by atoms with van der Waals surface area (Å²) in [5.41, 5.74) is 1.39. The third-order valence-electron chi connectivity index (χ3n) is 1.84. The Hall–Kier alpha value is -0.630. The van der Waals surface area contributed by atoms with Gasteiger partial charge in [0.25, 0.3) is 0 Å². The Morgan fingerprint density at radius 3 is 3.30 bits per heavy atom. The molecular formula is C8H13NO. The monoisotopic (exact) mass is 139 g/mol. The van der Waals surface area contributed by atoms with E-state index >= 15 is 0 Å². The molecule has 0 fully saturated rings. The minimum atomic E-state index is 0.0775. The first kappa shape index (κ1) is 7.48. The lowest BCUT2D eigenvalue weighted by Crippen LogP contribution is -2.29. The smallest absolute Gasteiger partial charge is 0.136 e. The minimum Gasteiger partial charge on any atom is -0.304 e. The van der Waals surface area contributed by atoms with Crippen LogP contribution in [0.4, 0.5) is 0 Å². The normalized spacial score (nSPS) is 26.9. The van der Waals surface area contributed by atoms with Crippen molar-refractivity contribution in [3.8, 4) is 0 Å². The van der Waals surface area contributed by atoms with Crippen molar-refractivity contribution < 1.29 is 4.79 Å². The van der Waals surface area contributed by atoms with Gasteiger partial charge in [0.05, 0.1) is 6.04 Å². The number of allylic oxidation sites excluding steroid dienone is 1. The molecule has 0 aromatic carbocycles. The Balaban J connectivity index is 2.43. The van der Waals surface area contributed by atoms with Gasteiger partial charge in [0.1, 0.15) is 6.29 Å². The van der Waals surface area contributed by atoms with Crippen LogP contribution in [0.3, 0.4) is 0 Å². The Kier molecular flexibility index (Phi) is 2.63. The molecule has 0 spiro atoms. The molecule has 0 amide bonds. The molecule has 56 valence electrons. The van der Waals surface area contributed by atoms with E-state index in [1.165, 1.54) is 5.57 Å². The number of carbonyl (C=O) groups excluding carboxylic acids is 1. The van der Waals surface area contributed by atoms with Crippen LogP contribution in [0.2, 0.25) is 0 Å². The number of carbonyl (C=O) groups is 1. The van der Waals surface area contributed by atoms with Crippen molar-refractivity contribution in [2.45, 2.75) is 25.8 Å². The van der Waals surface area contributed by atoms with Gasteiger partial charge in [0, 0.05) is 6.54 Å². The highest BCUT2D eigenvalue weighted by atomic mass is 16.1. The molecule has 1 rings (SSSR count). The van der Waals surface area contributed by atoms with Crippen LogP contribution in [-0.4, -0.2) is 18.9 Å². The molecule has 0 unspecified atom stereocenters. The second-order valence-electron chi connectivity index (χ2n) is 2.74. The lowest BCUT2D eigenvalue weighted by atomic mass is 10.1. The van der Waals surface area contributed by atoms with Gasteiger partial charge in [-0.25, -0.2) is 0 Å². The number of nitrogens with one attached hydrogen (secondary N) is 1. The van der Waals surface area contributed by atoms with Crippen molar-refractivity contribution in [2.24, 2.45) is 0 Å². The van der Waals surface area contributed by atoms with Crippen LogP contribution in [0, 0.1) is 0 Å². The Morgan fingerprint density at radius 2 is 2.60 bits per heavy atom. The molecule has 0 saturated carbocycles. The van der Waals surface area contributed by atoms with E-state index in [4.69, 9.17) is 0 Å². The Labute approximate surface area is 61.3 Å². The summed E-state index contributed by atoms with van der Waals surface area (Å²) < 4.78 is 0. The van der Waals surface area contributed by atoms with Crippen molar-refractivity contribution in [3.05, 3.63) is 11.6 Å². The van der Waals surface area contributed by atoms with Crippen LogP contribution >= 0.6 is 0 Å². The fourth-order valence-corrected chi connectivity index (χ4v) is 1.09. The summed E-state index contributed by atoms with van der Waals surface area (Å²) in [5, 5.41) is 3.12. The lowest BCUT2D eigenvalue weighted by molar-refractivity contribution is -0.109. The molecule has 1 aliphatic rings. The molecule has 0 aromatic rings. The quantitative estimate of drug-likeness (QED) is 0.431. The van der Waals surface area contributed by atoms with Crippen LogP contribution in [0.15, 0.2) is 11.6 Å². The molecule has 0 aliphatic carbocycles. The molecule has 0 bridgehead atoms. The largest absolute Gasteiger partial charge is 0.304 e. The number of aldehydes is 1. The zero-order valence-corrected chi connectivity index (χ0v) is 6.26. The highest BCUT2D eigenvalue weighted by Crippen LogP contribution is 2.08. The fourth-order valence-electron chi connectivity index (χ4n) is 1.09. The van der Waals surface area contributed by atoms with E-state index in [9.17, 15) is 4.79 Å². The van der Waals surface area contributed by atoms with Crippen molar-refractivity contribution in [3.63, 3.8) is 0 Å². The van der Waals surface area contributed by atoms with Crippen LogP contribution < -0.4 is 5.32 Å². The van der Waals surface area contributed by atoms with E-state index < -0.39 is 0 Å². The van der Waals surface area contributed by atoms with E-state index in [0.717, 1.165) is 25.7 Å². The van der Waals surface area contributed by atoms with Gasteiger partial charge in [0.15, 0.2) is 0 Å². The van der Waals surface area contributed by atoms with Crippen LogP contribution in [0.25, 0.3) is 0 Å². The average Bonchev–Trinajstić information content (AvgIpc) is 2.14. The summed E-state index contributed by atoms with van der Waals surface area (Å²) in [7, 11) is 0. The van der Waals surface area contributed by atoms with E-state index in [1.54, 1.807) is 0 Å². The van der Waals surface area contributed by atoms with Crippen LogP contribution in [0.5, 0.6) is 0 Å². The average molecular weight is 139 g/mol. The maximum Gasteiger partial charge on any atom is 0.136 e. The van der Waals surface area contributed by atoms with Gasteiger partial charge < -0.3 is 10.1 Å². The van der Waals surface area contributed by atoms with Gasteiger partial charge in [-0.1, -0.05) is 11.6 Å². The van der Waals surface area contributed by atoms with Gasteiger partial charge in [-0.2, -0.15) is 0 Å². The standard InChI is InChI=1S/C8H13NO/c1-7-2-3-8(6-10)9-5-4-7/h4,6,8-9H,2-3,5H2,1H3/t8-/m1/s1. The molecule has 2 nitrogen and oxygen atoms in total. The van der Waals surface area contributed by atoms with Crippen molar-refractivity contribution in [1.29, 1.82) is 0 Å². The van der Waals surface area contributed by atoms with E-state index in [0.29, 0.717) is 0 Å². The molecule has 1 N–H and O–H groups in total. The van der Waals surface area contributed by atoms with Crippen LogP contribution in [-0.2, 0) is 4.79 Å². The minimum absolute atomic E-state index is 0.0775. The van der Waals surface area contributed by atoms with Gasteiger partial charge in [0.2, 0.25) is 0 Å². The highest BCUT2D eigenvalue weighted by molar-refractivity contribution is 5.57. The van der Waals surface area contributed by atoms with Crippen molar-refractivity contribution in [2.75, 3.05) is 6.54 Å². The summed E-state index contributed by atoms with van der Waals surface area (Å²) >= 11 is 0. The van der Waals surface area contributed by atoms with Crippen molar-refractivity contribution in [1.82, 2.24) is 5.32 Å². The molecule has 0 radical (unpaired) electrons. The van der Waals surface area contributed by atoms with Crippen molar-refractivity contribution >= 4 is 6.29 Å². The van der Waals surface area contributed by atoms with Crippen LogP contribution in [0.1, 0.15) is 19.8 Å². The maximum atomic E-state index is 10.3. The van der Waals surface area contributed by atoms with Gasteiger partial charge in [-0.05, 0) is 19.8 Å². The maximum absolute atomic E-state index is 10.3. The van der Waals surface area contributed by atoms with Gasteiger partial charge in [-0.15, -0.1) is 0 Å². The predicted molar refractivity (Wildman–Crippen MR) is 40.8 cm³/mol. The van der Waals surface area contributed by atoms with E-state index in [2.05, 4.69) is 18.3 Å². The lowest BCUT2D eigenvalue weighted by Gasteiger charge is -2.05. The predicted octanol–water partition coefficient (Wildman–Crippen LogP) is 0.884. The first-order valence-corrected chi connectivity index (χ1v) is 3.67. The first-order chi connectivity index (χ1) is 4.83. The SMILES string of the molecule is CC1=CCN[C@@H](C=O)CC1. The molecule has 2 heteroatoms.